The van der Waals surface area contributed by atoms with E-state index in [-0.39, 0.29) is 17.4 Å². The van der Waals surface area contributed by atoms with E-state index in [9.17, 15) is 4.79 Å². The Labute approximate surface area is 161 Å². The van der Waals surface area contributed by atoms with Crippen LogP contribution >= 0.6 is 34.8 Å². The molecule has 0 radical (unpaired) electrons. The smallest absolute Gasteiger partial charge is 0.277 e. The summed E-state index contributed by atoms with van der Waals surface area (Å²) in [6.07, 6.45) is 3.50. The molecule has 4 nitrogen and oxygen atoms in total. The molecule has 0 atom stereocenters. The van der Waals surface area contributed by atoms with Crippen molar-refractivity contribution in [1.82, 2.24) is 5.43 Å². The number of nitrogens with one attached hydrogen (secondary N) is 1. The molecule has 0 aliphatic rings. The van der Waals surface area contributed by atoms with Gasteiger partial charge in [0, 0.05) is 6.07 Å². The summed E-state index contributed by atoms with van der Waals surface area (Å²) in [6.45, 7) is 1.63. The van der Waals surface area contributed by atoms with Gasteiger partial charge in [-0.15, -0.1) is 0 Å². The number of hydrogen-bond acceptors (Lipinski definition) is 3. The van der Waals surface area contributed by atoms with Gasteiger partial charge in [-0.3, -0.25) is 4.79 Å². The van der Waals surface area contributed by atoms with Crippen LogP contribution in [0, 0.1) is 0 Å². The van der Waals surface area contributed by atoms with Crippen LogP contribution in [0.15, 0.2) is 53.1 Å². The molecule has 25 heavy (non-hydrogen) atoms. The highest BCUT2D eigenvalue weighted by molar-refractivity contribution is 6.43. The molecule has 130 valence electrons. The Morgan fingerprint density at radius 1 is 1.12 bits per heavy atom. The summed E-state index contributed by atoms with van der Waals surface area (Å²) in [7, 11) is 0. The Morgan fingerprint density at radius 3 is 2.52 bits per heavy atom. The first-order valence-corrected chi connectivity index (χ1v) is 8.41. The molecule has 0 saturated heterocycles. The predicted molar refractivity (Wildman–Crippen MR) is 104 cm³/mol. The van der Waals surface area contributed by atoms with Crippen LogP contribution in [-0.4, -0.2) is 18.7 Å². The molecule has 2 aromatic rings. The van der Waals surface area contributed by atoms with Crippen LogP contribution in [0.2, 0.25) is 15.1 Å². The van der Waals surface area contributed by atoms with E-state index in [1.54, 1.807) is 6.21 Å². The summed E-state index contributed by atoms with van der Waals surface area (Å²) in [5.74, 6) is -0.152. The average Bonchev–Trinajstić information content (AvgIpc) is 2.58. The van der Waals surface area contributed by atoms with Crippen molar-refractivity contribution in [1.29, 1.82) is 0 Å². The first-order valence-electron chi connectivity index (χ1n) is 7.28. The van der Waals surface area contributed by atoms with Crippen molar-refractivity contribution in [3.63, 3.8) is 0 Å². The number of amides is 1. The zero-order chi connectivity index (χ0) is 18.2. The minimum Gasteiger partial charge on any atom is -0.482 e. The Kier molecular flexibility index (Phi) is 7.31. The van der Waals surface area contributed by atoms with E-state index in [1.807, 2.05) is 43.3 Å². The minimum absolute atomic E-state index is 0.254. The average molecular weight is 398 g/mol. The largest absolute Gasteiger partial charge is 0.482 e. The Morgan fingerprint density at radius 2 is 1.80 bits per heavy atom. The van der Waals surface area contributed by atoms with E-state index in [1.165, 1.54) is 12.1 Å². The van der Waals surface area contributed by atoms with Crippen LogP contribution in [-0.2, 0) is 4.79 Å². The minimum atomic E-state index is -0.425. The fraction of sp³-hybridized carbons (Fsp3) is 0.111. The van der Waals surface area contributed by atoms with Gasteiger partial charge in [0.1, 0.15) is 5.75 Å². The molecule has 1 N–H and O–H groups in total. The Bertz CT molecular complexity index is 805. The zero-order valence-corrected chi connectivity index (χ0v) is 15.6. The summed E-state index contributed by atoms with van der Waals surface area (Å²) in [6, 6.07) is 12.7. The van der Waals surface area contributed by atoms with Crippen molar-refractivity contribution in [2.75, 3.05) is 6.61 Å². The van der Waals surface area contributed by atoms with Gasteiger partial charge in [-0.25, -0.2) is 5.43 Å². The van der Waals surface area contributed by atoms with Gasteiger partial charge < -0.3 is 4.74 Å². The predicted octanol–water partition coefficient (Wildman–Crippen LogP) is 5.23. The van der Waals surface area contributed by atoms with Crippen molar-refractivity contribution in [2.24, 2.45) is 5.10 Å². The molecule has 0 aliphatic carbocycles. The van der Waals surface area contributed by atoms with E-state index < -0.39 is 5.91 Å². The number of hydrogen-bond donors (Lipinski definition) is 1. The number of carbonyl (C=O) groups excluding carboxylic acids is 1. The number of hydrazone groups is 1. The molecule has 0 heterocycles. The monoisotopic (exact) mass is 396 g/mol. The summed E-state index contributed by atoms with van der Waals surface area (Å²) in [5, 5.41) is 4.76. The maximum absolute atomic E-state index is 11.7. The van der Waals surface area contributed by atoms with Crippen molar-refractivity contribution in [3.05, 3.63) is 68.7 Å². The number of allylic oxidation sites excluding steroid dienone is 1. The molecular weight excluding hydrogens is 383 g/mol. The first-order chi connectivity index (χ1) is 12.0. The van der Waals surface area contributed by atoms with Crippen molar-refractivity contribution in [3.8, 4) is 5.75 Å². The van der Waals surface area contributed by atoms with Crippen LogP contribution in [0.4, 0.5) is 0 Å². The van der Waals surface area contributed by atoms with Gasteiger partial charge in [-0.1, -0.05) is 71.2 Å². The van der Waals surface area contributed by atoms with Crippen molar-refractivity contribution >= 4 is 53.0 Å². The molecule has 7 heteroatoms. The van der Waals surface area contributed by atoms with E-state index in [4.69, 9.17) is 39.5 Å². The van der Waals surface area contributed by atoms with Gasteiger partial charge in [0.15, 0.2) is 6.61 Å². The zero-order valence-electron chi connectivity index (χ0n) is 13.3. The Balaban J connectivity index is 1.84. The highest BCUT2D eigenvalue weighted by Gasteiger charge is 2.09. The number of carbonyl (C=O) groups is 1. The third-order valence-corrected chi connectivity index (χ3v) is 4.00. The topological polar surface area (TPSA) is 50.7 Å². The van der Waals surface area contributed by atoms with Gasteiger partial charge in [0.05, 0.1) is 21.3 Å². The Hall–Kier alpha value is -2.01. The summed E-state index contributed by atoms with van der Waals surface area (Å²) in [4.78, 5) is 11.7. The summed E-state index contributed by atoms with van der Waals surface area (Å²) >= 11 is 17.7. The normalized spacial score (nSPS) is 11.6. The third kappa shape index (κ3) is 6.42. The van der Waals surface area contributed by atoms with Gasteiger partial charge in [0.25, 0.3) is 5.91 Å². The second-order valence-electron chi connectivity index (χ2n) is 5.08. The molecule has 0 bridgehead atoms. The van der Waals surface area contributed by atoms with Crippen molar-refractivity contribution < 1.29 is 9.53 Å². The van der Waals surface area contributed by atoms with Gasteiger partial charge in [-0.2, -0.15) is 5.10 Å². The van der Waals surface area contributed by atoms with E-state index in [0.29, 0.717) is 10.0 Å². The molecule has 0 aromatic heterocycles. The standard InChI is InChI=1S/C18H15Cl3N2O2/c1-12(7-13-5-3-2-4-6-13)10-22-23-18(24)11-25-17-9-15(20)14(19)8-16(17)21/h2-10H,11H2,1H3,(H,23,24). The van der Waals surface area contributed by atoms with E-state index in [0.717, 1.165) is 11.1 Å². The molecule has 1 amide bonds. The molecule has 0 fully saturated rings. The summed E-state index contributed by atoms with van der Waals surface area (Å²) in [5.41, 5.74) is 4.32. The molecular formula is C18H15Cl3N2O2. The molecule has 0 spiro atoms. The lowest BCUT2D eigenvalue weighted by atomic mass is 10.1. The van der Waals surface area contributed by atoms with Crippen LogP contribution in [0.1, 0.15) is 12.5 Å². The quantitative estimate of drug-likeness (QED) is 0.412. The van der Waals surface area contributed by atoms with E-state index in [2.05, 4.69) is 10.5 Å². The molecule has 0 unspecified atom stereocenters. The number of rotatable bonds is 6. The van der Waals surface area contributed by atoms with Crippen LogP contribution in [0.3, 0.4) is 0 Å². The second-order valence-corrected chi connectivity index (χ2v) is 6.30. The molecule has 0 saturated carbocycles. The highest BCUT2D eigenvalue weighted by Crippen LogP contribution is 2.33. The lowest BCUT2D eigenvalue weighted by molar-refractivity contribution is -0.123. The number of ether oxygens (including phenoxy) is 1. The maximum atomic E-state index is 11.7. The lowest BCUT2D eigenvalue weighted by Gasteiger charge is -2.08. The summed E-state index contributed by atoms with van der Waals surface area (Å²) < 4.78 is 5.31. The first kappa shape index (κ1) is 19.3. The number of halogens is 3. The van der Waals surface area contributed by atoms with Crippen LogP contribution in [0.25, 0.3) is 6.08 Å². The third-order valence-electron chi connectivity index (χ3n) is 2.98. The number of benzene rings is 2. The van der Waals surface area contributed by atoms with E-state index >= 15 is 0 Å². The van der Waals surface area contributed by atoms with Crippen LogP contribution < -0.4 is 10.2 Å². The molecule has 0 aliphatic heterocycles. The van der Waals surface area contributed by atoms with Gasteiger partial charge in [0.2, 0.25) is 0 Å². The lowest BCUT2D eigenvalue weighted by Crippen LogP contribution is -2.24. The second kappa shape index (κ2) is 9.47. The SMILES string of the molecule is CC(C=NNC(=O)COc1cc(Cl)c(Cl)cc1Cl)=Cc1ccccc1. The van der Waals surface area contributed by atoms with Gasteiger partial charge in [-0.05, 0) is 24.1 Å². The van der Waals surface area contributed by atoms with Crippen LogP contribution in [0.5, 0.6) is 5.75 Å². The van der Waals surface area contributed by atoms with Gasteiger partial charge >= 0.3 is 0 Å². The fourth-order valence-electron chi connectivity index (χ4n) is 1.85. The molecule has 2 rings (SSSR count). The maximum Gasteiger partial charge on any atom is 0.277 e. The highest BCUT2D eigenvalue weighted by atomic mass is 35.5. The van der Waals surface area contributed by atoms with Crippen molar-refractivity contribution in [2.45, 2.75) is 6.92 Å². The fourth-order valence-corrected chi connectivity index (χ4v) is 2.44. The molecule has 2 aromatic carbocycles. The number of nitrogens with zero attached hydrogens (tertiary/aromatic N) is 1.